The second-order valence-corrected chi connectivity index (χ2v) is 4.33. The Morgan fingerprint density at radius 1 is 1.44 bits per heavy atom. The van der Waals surface area contributed by atoms with Crippen LogP contribution in [0.4, 0.5) is 0 Å². The Kier molecular flexibility index (Phi) is 3.10. The fourth-order valence-electron chi connectivity index (χ4n) is 2.41. The molecule has 1 atom stereocenters. The molecule has 0 saturated carbocycles. The molecule has 1 saturated heterocycles. The van der Waals surface area contributed by atoms with Crippen molar-refractivity contribution in [3.8, 4) is 0 Å². The third kappa shape index (κ3) is 1.51. The molecule has 86 valence electrons. The predicted molar refractivity (Wildman–Crippen MR) is 65.3 cm³/mol. The summed E-state index contributed by atoms with van der Waals surface area (Å²) in [5.74, 6) is 0.0853. The van der Waals surface area contributed by atoms with Crippen molar-refractivity contribution in [1.29, 1.82) is 0 Å². The van der Waals surface area contributed by atoms with Gasteiger partial charge in [0.25, 0.3) is 5.91 Å². The lowest BCUT2D eigenvalue weighted by Gasteiger charge is -2.30. The molecule has 3 nitrogen and oxygen atoms in total. The van der Waals surface area contributed by atoms with Gasteiger partial charge in [0.05, 0.1) is 16.6 Å². The Morgan fingerprint density at radius 3 is 3.06 bits per heavy atom. The van der Waals surface area contributed by atoms with E-state index in [2.05, 4.69) is 5.32 Å². The minimum atomic E-state index is 0. The first-order valence-corrected chi connectivity index (χ1v) is 5.47. The van der Waals surface area contributed by atoms with Gasteiger partial charge in [0.2, 0.25) is 0 Å². The number of nitrogens with zero attached hydrogens (tertiary/aromatic N) is 1. The molecule has 2 aliphatic heterocycles. The summed E-state index contributed by atoms with van der Waals surface area (Å²) < 4.78 is 0. The Hall–Kier alpha value is -0.770. The van der Waals surface area contributed by atoms with E-state index in [1.807, 2.05) is 17.0 Å². The molecule has 2 heterocycles. The fourth-order valence-corrected chi connectivity index (χ4v) is 2.68. The van der Waals surface area contributed by atoms with Crippen LogP contribution in [0.3, 0.4) is 0 Å². The number of carbonyl (C=O) groups excluding carboxylic acids is 1. The average molecular weight is 259 g/mol. The Balaban J connectivity index is 0.000000963. The van der Waals surface area contributed by atoms with E-state index < -0.39 is 0 Å². The standard InChI is InChI=1S/C11H11ClN2O.ClH/c12-8-3-1-2-7-9-6-13-4-5-14(9)11(15)10(7)8;/h1-3,9,13H,4-6H2;1H/t9-;/m1./s1. The molecule has 0 unspecified atom stereocenters. The summed E-state index contributed by atoms with van der Waals surface area (Å²) >= 11 is 6.06. The monoisotopic (exact) mass is 258 g/mol. The van der Waals surface area contributed by atoms with Crippen molar-refractivity contribution in [2.75, 3.05) is 19.6 Å². The van der Waals surface area contributed by atoms with Gasteiger partial charge < -0.3 is 10.2 Å². The maximum atomic E-state index is 12.1. The van der Waals surface area contributed by atoms with Gasteiger partial charge in [0.15, 0.2) is 0 Å². The molecular formula is C11H12Cl2N2O. The summed E-state index contributed by atoms with van der Waals surface area (Å²) in [6.07, 6.45) is 0. The second kappa shape index (κ2) is 4.24. The zero-order chi connectivity index (χ0) is 10.4. The van der Waals surface area contributed by atoms with Crippen molar-refractivity contribution in [2.24, 2.45) is 0 Å². The third-order valence-corrected chi connectivity index (χ3v) is 3.44. The maximum Gasteiger partial charge on any atom is 0.256 e. The fraction of sp³-hybridized carbons (Fsp3) is 0.364. The predicted octanol–water partition coefficient (Wildman–Crippen LogP) is 1.86. The quantitative estimate of drug-likeness (QED) is 0.771. The van der Waals surface area contributed by atoms with E-state index in [1.54, 1.807) is 6.07 Å². The van der Waals surface area contributed by atoms with Gasteiger partial charge in [-0.05, 0) is 11.6 Å². The average Bonchev–Trinajstić information content (AvgIpc) is 2.55. The zero-order valence-corrected chi connectivity index (χ0v) is 10.1. The van der Waals surface area contributed by atoms with Crippen LogP contribution in [-0.4, -0.2) is 30.4 Å². The van der Waals surface area contributed by atoms with Crippen molar-refractivity contribution in [2.45, 2.75) is 6.04 Å². The molecule has 0 radical (unpaired) electrons. The molecule has 0 aromatic heterocycles. The molecular weight excluding hydrogens is 247 g/mol. The van der Waals surface area contributed by atoms with Crippen LogP contribution in [0.25, 0.3) is 0 Å². The number of halogens is 2. The Morgan fingerprint density at radius 2 is 2.25 bits per heavy atom. The highest BCUT2D eigenvalue weighted by Gasteiger charge is 2.38. The lowest BCUT2D eigenvalue weighted by molar-refractivity contribution is 0.0691. The summed E-state index contributed by atoms with van der Waals surface area (Å²) in [7, 11) is 0. The van der Waals surface area contributed by atoms with Gasteiger partial charge in [-0.15, -0.1) is 12.4 Å². The smallest absolute Gasteiger partial charge is 0.256 e. The molecule has 16 heavy (non-hydrogen) atoms. The van der Waals surface area contributed by atoms with E-state index in [9.17, 15) is 4.79 Å². The van der Waals surface area contributed by atoms with Gasteiger partial charge in [-0.25, -0.2) is 0 Å². The third-order valence-electron chi connectivity index (χ3n) is 3.12. The highest BCUT2D eigenvalue weighted by molar-refractivity contribution is 6.34. The van der Waals surface area contributed by atoms with Crippen LogP contribution in [-0.2, 0) is 0 Å². The van der Waals surface area contributed by atoms with Crippen molar-refractivity contribution >= 4 is 29.9 Å². The molecule has 1 N–H and O–H groups in total. The molecule has 1 amide bonds. The summed E-state index contributed by atoms with van der Waals surface area (Å²) in [5.41, 5.74) is 1.77. The minimum absolute atomic E-state index is 0. The number of amides is 1. The molecule has 0 spiro atoms. The van der Waals surface area contributed by atoms with Gasteiger partial charge in [0, 0.05) is 19.6 Å². The van der Waals surface area contributed by atoms with E-state index in [0.29, 0.717) is 10.6 Å². The SMILES string of the molecule is Cl.O=C1c2c(Cl)cccc2[C@H]2CNCCN12. The minimum Gasteiger partial charge on any atom is -0.329 e. The van der Waals surface area contributed by atoms with Crippen molar-refractivity contribution in [3.63, 3.8) is 0 Å². The second-order valence-electron chi connectivity index (χ2n) is 3.92. The van der Waals surface area contributed by atoms with Gasteiger partial charge >= 0.3 is 0 Å². The van der Waals surface area contributed by atoms with Gasteiger partial charge in [0.1, 0.15) is 0 Å². The first-order chi connectivity index (χ1) is 7.29. The van der Waals surface area contributed by atoms with Crippen LogP contribution in [0.1, 0.15) is 22.0 Å². The molecule has 0 bridgehead atoms. The highest BCUT2D eigenvalue weighted by Crippen LogP contribution is 2.37. The first-order valence-electron chi connectivity index (χ1n) is 5.09. The number of carbonyl (C=O) groups is 1. The van der Waals surface area contributed by atoms with Crippen LogP contribution >= 0.6 is 24.0 Å². The van der Waals surface area contributed by atoms with Crippen molar-refractivity contribution in [1.82, 2.24) is 10.2 Å². The summed E-state index contributed by atoms with van der Waals surface area (Å²) in [5, 5.41) is 3.88. The van der Waals surface area contributed by atoms with E-state index in [4.69, 9.17) is 11.6 Å². The Labute approximate surface area is 105 Å². The highest BCUT2D eigenvalue weighted by atomic mass is 35.5. The number of nitrogens with one attached hydrogen (secondary N) is 1. The van der Waals surface area contributed by atoms with E-state index >= 15 is 0 Å². The van der Waals surface area contributed by atoms with Crippen molar-refractivity contribution < 1.29 is 4.79 Å². The molecule has 1 fully saturated rings. The largest absolute Gasteiger partial charge is 0.329 e. The Bertz CT molecular complexity index is 436. The van der Waals surface area contributed by atoms with E-state index in [1.165, 1.54) is 0 Å². The number of fused-ring (bicyclic) bond motifs is 3. The molecule has 1 aromatic carbocycles. The molecule has 3 rings (SSSR count). The number of hydrogen-bond donors (Lipinski definition) is 1. The van der Waals surface area contributed by atoms with Crippen molar-refractivity contribution in [3.05, 3.63) is 34.3 Å². The number of benzene rings is 1. The van der Waals surface area contributed by atoms with E-state index in [-0.39, 0.29) is 24.4 Å². The molecule has 2 aliphatic rings. The van der Waals surface area contributed by atoms with E-state index in [0.717, 1.165) is 25.2 Å². The van der Waals surface area contributed by atoms with Gasteiger partial charge in [-0.2, -0.15) is 0 Å². The summed E-state index contributed by atoms with van der Waals surface area (Å²) in [6, 6.07) is 5.87. The molecule has 5 heteroatoms. The zero-order valence-electron chi connectivity index (χ0n) is 8.57. The lowest BCUT2D eigenvalue weighted by Crippen LogP contribution is -2.44. The number of piperazine rings is 1. The number of rotatable bonds is 0. The van der Waals surface area contributed by atoms with Crippen LogP contribution < -0.4 is 5.32 Å². The van der Waals surface area contributed by atoms with Gasteiger partial charge in [-0.3, -0.25) is 4.79 Å². The lowest BCUT2D eigenvalue weighted by atomic mass is 10.0. The first kappa shape index (κ1) is 11.7. The summed E-state index contributed by atoms with van der Waals surface area (Å²) in [6.45, 7) is 2.47. The molecule has 0 aliphatic carbocycles. The molecule has 1 aromatic rings. The topological polar surface area (TPSA) is 32.3 Å². The van der Waals surface area contributed by atoms with Crippen LogP contribution in [0.15, 0.2) is 18.2 Å². The van der Waals surface area contributed by atoms with Gasteiger partial charge in [-0.1, -0.05) is 23.7 Å². The summed E-state index contributed by atoms with van der Waals surface area (Å²) in [4.78, 5) is 14.0. The maximum absolute atomic E-state index is 12.1. The van der Waals surface area contributed by atoms with Crippen LogP contribution in [0.5, 0.6) is 0 Å². The normalized spacial score (nSPS) is 22.4. The van der Waals surface area contributed by atoms with Crippen LogP contribution in [0, 0.1) is 0 Å². The number of hydrogen-bond acceptors (Lipinski definition) is 2. The van der Waals surface area contributed by atoms with Crippen LogP contribution in [0.2, 0.25) is 5.02 Å².